The number of fused-ring (bicyclic) bond motifs is 1. The summed E-state index contributed by atoms with van der Waals surface area (Å²) >= 11 is 3.57. The molecule has 1 saturated heterocycles. The fraction of sp³-hybridized carbons (Fsp3) is 0.526. The molecular formula is C19H19BrO6. The van der Waals surface area contributed by atoms with Crippen molar-refractivity contribution in [3.05, 3.63) is 29.8 Å². The first-order valence-electron chi connectivity index (χ1n) is 8.65. The van der Waals surface area contributed by atoms with Gasteiger partial charge in [-0.05, 0) is 43.5 Å². The number of rotatable bonds is 5. The fourth-order valence-electron chi connectivity index (χ4n) is 4.59. The first kappa shape index (κ1) is 17.5. The van der Waals surface area contributed by atoms with Crippen molar-refractivity contribution < 1.29 is 28.6 Å². The van der Waals surface area contributed by atoms with E-state index >= 15 is 0 Å². The van der Waals surface area contributed by atoms with Crippen LogP contribution in [0.5, 0.6) is 5.75 Å². The normalized spacial score (nSPS) is 35.1. The summed E-state index contributed by atoms with van der Waals surface area (Å²) in [5, 5.41) is 0. The zero-order valence-corrected chi connectivity index (χ0v) is 16.0. The van der Waals surface area contributed by atoms with Gasteiger partial charge in [0.1, 0.15) is 11.9 Å². The van der Waals surface area contributed by atoms with Crippen LogP contribution in [0.25, 0.3) is 0 Å². The van der Waals surface area contributed by atoms with Gasteiger partial charge >= 0.3 is 11.9 Å². The molecule has 3 aliphatic rings. The number of ketones is 1. The van der Waals surface area contributed by atoms with Crippen molar-refractivity contribution in [3.63, 3.8) is 0 Å². The Kier molecular flexibility index (Phi) is 4.29. The Morgan fingerprint density at radius 1 is 1.23 bits per heavy atom. The second kappa shape index (κ2) is 6.37. The zero-order valence-electron chi connectivity index (χ0n) is 14.4. The van der Waals surface area contributed by atoms with E-state index < -0.39 is 23.9 Å². The van der Waals surface area contributed by atoms with Crippen molar-refractivity contribution in [1.82, 2.24) is 0 Å². The van der Waals surface area contributed by atoms with Gasteiger partial charge in [-0.3, -0.25) is 14.4 Å². The highest BCUT2D eigenvalue weighted by Crippen LogP contribution is 2.60. The Hall–Kier alpha value is -1.89. The first-order chi connectivity index (χ1) is 12.4. The molecule has 2 saturated carbocycles. The second-order valence-electron chi connectivity index (χ2n) is 7.13. The summed E-state index contributed by atoms with van der Waals surface area (Å²) in [5.41, 5.74) is 0.442. The van der Waals surface area contributed by atoms with Crippen molar-refractivity contribution in [2.24, 2.45) is 23.7 Å². The van der Waals surface area contributed by atoms with E-state index in [1.807, 2.05) is 0 Å². The molecule has 138 valence electrons. The molecule has 26 heavy (non-hydrogen) atoms. The molecule has 2 bridgehead atoms. The third kappa shape index (κ3) is 2.55. The van der Waals surface area contributed by atoms with Crippen molar-refractivity contribution in [2.75, 3.05) is 7.11 Å². The van der Waals surface area contributed by atoms with Gasteiger partial charge in [0.25, 0.3) is 0 Å². The number of carbonyl (C=O) groups is 3. The minimum Gasteiger partial charge on any atom is -0.497 e. The minimum absolute atomic E-state index is 0.0113. The van der Waals surface area contributed by atoms with Crippen LogP contribution in [-0.2, 0) is 19.1 Å². The van der Waals surface area contributed by atoms with Crippen molar-refractivity contribution in [3.8, 4) is 5.75 Å². The maximum Gasteiger partial charge on any atom is 0.310 e. The van der Waals surface area contributed by atoms with Gasteiger partial charge < -0.3 is 14.2 Å². The Balaban J connectivity index is 1.46. The fourth-order valence-corrected chi connectivity index (χ4v) is 5.64. The number of hydrogen-bond donors (Lipinski definition) is 0. The molecule has 2 aliphatic carbocycles. The highest BCUT2D eigenvalue weighted by atomic mass is 79.9. The molecule has 7 atom stereocenters. The predicted octanol–water partition coefficient (Wildman–Crippen LogP) is 2.38. The van der Waals surface area contributed by atoms with E-state index in [9.17, 15) is 14.4 Å². The number of halogens is 1. The van der Waals surface area contributed by atoms with Gasteiger partial charge in [-0.2, -0.15) is 0 Å². The topological polar surface area (TPSA) is 78.9 Å². The molecule has 0 amide bonds. The molecule has 3 fully saturated rings. The standard InChI is InChI=1S/C19H19BrO6/c1-8(16(21)9-3-5-10(24-2)6-4-9)25-18(22)13-11-7-12-14(13)19(23)26-17(12)15(11)20/h3-6,8,11-15,17H,7H2,1-2H3/t8-,11+,12+,13+,14-,15+,17-/m0/s1. The quantitative estimate of drug-likeness (QED) is 0.411. The SMILES string of the molecule is COc1ccc(C(=O)[C@H](C)OC(=O)[C@@H]2[C@H]3C[C@H]4[C@H](OC(=O)[C@@H]42)[C@@H]3Br)cc1. The van der Waals surface area contributed by atoms with Crippen LogP contribution in [-0.4, -0.2) is 41.9 Å². The maximum atomic E-state index is 12.7. The van der Waals surface area contributed by atoms with Crippen LogP contribution >= 0.6 is 15.9 Å². The lowest BCUT2D eigenvalue weighted by atomic mass is 9.80. The van der Waals surface area contributed by atoms with Crippen molar-refractivity contribution >= 4 is 33.7 Å². The number of ether oxygens (including phenoxy) is 3. The van der Waals surface area contributed by atoms with Crippen molar-refractivity contribution in [2.45, 2.75) is 30.4 Å². The van der Waals surface area contributed by atoms with Gasteiger partial charge in [-0.15, -0.1) is 0 Å². The number of hydrogen-bond acceptors (Lipinski definition) is 6. The van der Waals surface area contributed by atoms with E-state index in [1.54, 1.807) is 38.3 Å². The number of benzene rings is 1. The molecule has 1 heterocycles. The molecule has 4 rings (SSSR count). The Morgan fingerprint density at radius 2 is 1.92 bits per heavy atom. The van der Waals surface area contributed by atoms with Gasteiger partial charge in [-0.25, -0.2) is 0 Å². The van der Waals surface area contributed by atoms with E-state index in [4.69, 9.17) is 14.2 Å². The molecule has 6 nitrogen and oxygen atoms in total. The highest BCUT2D eigenvalue weighted by molar-refractivity contribution is 9.09. The van der Waals surface area contributed by atoms with Crippen LogP contribution in [0.2, 0.25) is 0 Å². The maximum absolute atomic E-state index is 12.7. The predicted molar refractivity (Wildman–Crippen MR) is 94.1 cm³/mol. The zero-order chi connectivity index (χ0) is 18.6. The Bertz CT molecular complexity index is 760. The summed E-state index contributed by atoms with van der Waals surface area (Å²) in [6, 6.07) is 6.64. The number of methoxy groups -OCH3 is 1. The van der Waals surface area contributed by atoms with Gasteiger partial charge in [0.2, 0.25) is 5.78 Å². The van der Waals surface area contributed by atoms with Crippen molar-refractivity contribution in [1.29, 1.82) is 0 Å². The lowest BCUT2D eigenvalue weighted by Gasteiger charge is -2.27. The molecule has 0 aromatic heterocycles. The van der Waals surface area contributed by atoms with Crippen LogP contribution in [0.1, 0.15) is 23.7 Å². The second-order valence-corrected chi connectivity index (χ2v) is 8.19. The van der Waals surface area contributed by atoms with E-state index in [2.05, 4.69) is 15.9 Å². The van der Waals surface area contributed by atoms with E-state index in [1.165, 1.54) is 0 Å². The third-order valence-corrected chi connectivity index (χ3v) is 7.03. The summed E-state index contributed by atoms with van der Waals surface area (Å²) in [7, 11) is 1.55. The van der Waals surface area contributed by atoms with Gasteiger partial charge in [0, 0.05) is 11.5 Å². The Labute approximate surface area is 159 Å². The van der Waals surface area contributed by atoms with Crippen LogP contribution in [0.15, 0.2) is 24.3 Å². The number of Topliss-reactive ketones (excluding diaryl/α,β-unsaturated/α-hetero) is 1. The molecule has 1 aliphatic heterocycles. The Morgan fingerprint density at radius 3 is 2.58 bits per heavy atom. The largest absolute Gasteiger partial charge is 0.497 e. The summed E-state index contributed by atoms with van der Waals surface area (Å²) < 4.78 is 15.9. The smallest absolute Gasteiger partial charge is 0.310 e. The summed E-state index contributed by atoms with van der Waals surface area (Å²) in [4.78, 5) is 37.4. The lowest BCUT2D eigenvalue weighted by molar-refractivity contribution is -0.157. The molecule has 1 aromatic carbocycles. The molecule has 0 N–H and O–H groups in total. The van der Waals surface area contributed by atoms with Crippen LogP contribution in [0.4, 0.5) is 0 Å². The number of esters is 2. The van der Waals surface area contributed by atoms with Gasteiger partial charge in [-0.1, -0.05) is 15.9 Å². The highest BCUT2D eigenvalue weighted by Gasteiger charge is 2.68. The first-order valence-corrected chi connectivity index (χ1v) is 9.57. The summed E-state index contributed by atoms with van der Waals surface area (Å²) in [6.45, 7) is 1.55. The van der Waals surface area contributed by atoms with Crippen LogP contribution in [0.3, 0.4) is 0 Å². The summed E-state index contributed by atoms with van der Waals surface area (Å²) in [5.74, 6) is -1.34. The molecule has 0 radical (unpaired) electrons. The summed E-state index contributed by atoms with van der Waals surface area (Å²) in [6.07, 6.45) is -0.283. The monoisotopic (exact) mass is 422 g/mol. The minimum atomic E-state index is -0.919. The molecule has 0 spiro atoms. The average molecular weight is 423 g/mol. The van der Waals surface area contributed by atoms with Gasteiger partial charge in [0.05, 0.1) is 23.8 Å². The number of alkyl halides is 1. The van der Waals surface area contributed by atoms with E-state index in [-0.39, 0.29) is 34.5 Å². The number of carbonyl (C=O) groups excluding carboxylic acids is 3. The molecular weight excluding hydrogens is 404 g/mol. The van der Waals surface area contributed by atoms with E-state index in [0.29, 0.717) is 11.3 Å². The molecule has 1 aromatic rings. The average Bonchev–Trinajstić information content (AvgIpc) is 3.25. The van der Waals surface area contributed by atoms with Crippen LogP contribution in [0, 0.1) is 23.7 Å². The van der Waals surface area contributed by atoms with E-state index in [0.717, 1.165) is 6.42 Å². The van der Waals surface area contributed by atoms with Gasteiger partial charge in [0.15, 0.2) is 6.10 Å². The van der Waals surface area contributed by atoms with Crippen LogP contribution < -0.4 is 4.74 Å². The molecule has 7 heteroatoms. The third-order valence-electron chi connectivity index (χ3n) is 5.83. The lowest BCUT2D eigenvalue weighted by Crippen LogP contribution is -2.40. The molecule has 0 unspecified atom stereocenters.